The maximum atomic E-state index is 5.22. The summed E-state index contributed by atoms with van der Waals surface area (Å²) in [6.07, 6.45) is 1.80. The van der Waals surface area contributed by atoms with Crippen LogP contribution in [0.5, 0.6) is 5.75 Å². The molecule has 0 unspecified atom stereocenters. The summed E-state index contributed by atoms with van der Waals surface area (Å²) in [4.78, 5) is 4.33. The van der Waals surface area contributed by atoms with Crippen LogP contribution < -0.4 is 10.1 Å². The standard InChI is InChI=1S/C13H16N2O2/c1-16-8-7-15-13-12-9-11(17-2)4-3-10(12)5-6-14-13/h3-6,9H,7-8H2,1-2H3,(H,14,15). The average Bonchev–Trinajstić information content (AvgIpc) is 2.39. The monoisotopic (exact) mass is 232 g/mol. The maximum Gasteiger partial charge on any atom is 0.134 e. The Labute approximate surface area is 101 Å². The van der Waals surface area contributed by atoms with E-state index in [-0.39, 0.29) is 0 Å². The van der Waals surface area contributed by atoms with Crippen molar-refractivity contribution in [2.75, 3.05) is 32.7 Å². The van der Waals surface area contributed by atoms with Crippen molar-refractivity contribution in [2.24, 2.45) is 0 Å². The number of ether oxygens (including phenoxy) is 2. The smallest absolute Gasteiger partial charge is 0.134 e. The SMILES string of the molecule is COCCNc1nccc2ccc(OC)cc12. The Morgan fingerprint density at radius 1 is 1.24 bits per heavy atom. The van der Waals surface area contributed by atoms with Crippen LogP contribution in [0.1, 0.15) is 0 Å². The number of aromatic nitrogens is 1. The van der Waals surface area contributed by atoms with Crippen LogP contribution >= 0.6 is 0 Å². The van der Waals surface area contributed by atoms with Crippen LogP contribution in [0, 0.1) is 0 Å². The molecule has 0 aliphatic rings. The third-order valence-electron chi connectivity index (χ3n) is 2.57. The first kappa shape index (κ1) is 11.7. The van der Waals surface area contributed by atoms with Gasteiger partial charge in [0.1, 0.15) is 11.6 Å². The van der Waals surface area contributed by atoms with E-state index in [1.54, 1.807) is 20.4 Å². The molecule has 4 nitrogen and oxygen atoms in total. The van der Waals surface area contributed by atoms with Crippen LogP contribution in [0.2, 0.25) is 0 Å². The minimum atomic E-state index is 0.655. The molecule has 1 aromatic carbocycles. The van der Waals surface area contributed by atoms with Gasteiger partial charge in [-0.25, -0.2) is 4.98 Å². The Morgan fingerprint density at radius 2 is 2.12 bits per heavy atom. The molecule has 0 amide bonds. The number of pyridine rings is 1. The normalized spacial score (nSPS) is 10.5. The van der Waals surface area contributed by atoms with Gasteiger partial charge in [0.05, 0.1) is 13.7 Å². The van der Waals surface area contributed by atoms with E-state index >= 15 is 0 Å². The molecule has 0 aliphatic heterocycles. The summed E-state index contributed by atoms with van der Waals surface area (Å²) in [6.45, 7) is 1.39. The Kier molecular flexibility index (Phi) is 3.77. The van der Waals surface area contributed by atoms with Gasteiger partial charge in [-0.05, 0) is 23.6 Å². The van der Waals surface area contributed by atoms with Gasteiger partial charge in [-0.1, -0.05) is 6.07 Å². The van der Waals surface area contributed by atoms with Crippen molar-refractivity contribution in [2.45, 2.75) is 0 Å². The van der Waals surface area contributed by atoms with Crippen LogP contribution in [0.15, 0.2) is 30.5 Å². The lowest BCUT2D eigenvalue weighted by Crippen LogP contribution is -2.08. The van der Waals surface area contributed by atoms with Gasteiger partial charge in [0.15, 0.2) is 0 Å². The van der Waals surface area contributed by atoms with E-state index in [1.165, 1.54) is 0 Å². The zero-order chi connectivity index (χ0) is 12.1. The lowest BCUT2D eigenvalue weighted by molar-refractivity contribution is 0.210. The number of anilines is 1. The number of nitrogens with one attached hydrogen (secondary N) is 1. The molecule has 0 atom stereocenters. The molecule has 17 heavy (non-hydrogen) atoms. The molecule has 1 N–H and O–H groups in total. The number of hydrogen-bond acceptors (Lipinski definition) is 4. The molecular formula is C13H16N2O2. The van der Waals surface area contributed by atoms with Crippen LogP contribution in [-0.2, 0) is 4.74 Å². The van der Waals surface area contributed by atoms with Gasteiger partial charge in [0, 0.05) is 25.2 Å². The van der Waals surface area contributed by atoms with Gasteiger partial charge in [0.2, 0.25) is 0 Å². The predicted octanol–water partition coefficient (Wildman–Crippen LogP) is 2.30. The molecule has 0 aliphatic carbocycles. The first-order chi connectivity index (χ1) is 8.35. The predicted molar refractivity (Wildman–Crippen MR) is 68.7 cm³/mol. The van der Waals surface area contributed by atoms with Crippen LogP contribution in [0.4, 0.5) is 5.82 Å². The van der Waals surface area contributed by atoms with Crippen LogP contribution in [0.3, 0.4) is 0 Å². The zero-order valence-corrected chi connectivity index (χ0v) is 10.1. The number of methoxy groups -OCH3 is 2. The number of hydrogen-bond donors (Lipinski definition) is 1. The number of fused-ring (bicyclic) bond motifs is 1. The third kappa shape index (κ3) is 2.65. The van der Waals surface area contributed by atoms with Gasteiger partial charge in [0.25, 0.3) is 0 Å². The van der Waals surface area contributed by atoms with E-state index in [0.717, 1.165) is 28.9 Å². The minimum Gasteiger partial charge on any atom is -0.497 e. The third-order valence-corrected chi connectivity index (χ3v) is 2.57. The fourth-order valence-corrected chi connectivity index (χ4v) is 1.69. The first-order valence-electron chi connectivity index (χ1n) is 5.50. The molecular weight excluding hydrogens is 216 g/mol. The molecule has 0 fully saturated rings. The molecule has 0 radical (unpaired) electrons. The summed E-state index contributed by atoms with van der Waals surface area (Å²) in [5, 5.41) is 5.45. The summed E-state index contributed by atoms with van der Waals surface area (Å²) >= 11 is 0. The van der Waals surface area contributed by atoms with Crippen molar-refractivity contribution >= 4 is 16.6 Å². The Hall–Kier alpha value is -1.81. The van der Waals surface area contributed by atoms with Crippen molar-refractivity contribution in [1.29, 1.82) is 0 Å². The van der Waals surface area contributed by atoms with Crippen LogP contribution in [-0.4, -0.2) is 32.4 Å². The van der Waals surface area contributed by atoms with Crippen molar-refractivity contribution in [3.8, 4) is 5.75 Å². The highest BCUT2D eigenvalue weighted by Gasteiger charge is 2.03. The molecule has 1 aromatic heterocycles. The zero-order valence-electron chi connectivity index (χ0n) is 10.1. The molecule has 2 rings (SSSR count). The molecule has 0 saturated heterocycles. The molecule has 90 valence electrons. The van der Waals surface area contributed by atoms with Crippen LogP contribution in [0.25, 0.3) is 10.8 Å². The lowest BCUT2D eigenvalue weighted by atomic mass is 10.1. The van der Waals surface area contributed by atoms with E-state index < -0.39 is 0 Å². The molecule has 4 heteroatoms. The second-order valence-electron chi connectivity index (χ2n) is 3.67. The highest BCUT2D eigenvalue weighted by atomic mass is 16.5. The summed E-state index contributed by atoms with van der Waals surface area (Å²) in [6, 6.07) is 7.94. The quantitative estimate of drug-likeness (QED) is 0.803. The highest BCUT2D eigenvalue weighted by Crippen LogP contribution is 2.25. The molecule has 0 saturated carbocycles. The lowest BCUT2D eigenvalue weighted by Gasteiger charge is -2.09. The topological polar surface area (TPSA) is 43.4 Å². The van der Waals surface area contributed by atoms with E-state index in [1.807, 2.05) is 24.3 Å². The molecule has 0 spiro atoms. The number of benzene rings is 1. The Bertz CT molecular complexity index is 500. The largest absolute Gasteiger partial charge is 0.497 e. The summed E-state index contributed by atoms with van der Waals surface area (Å²) in [7, 11) is 3.34. The fraction of sp³-hybridized carbons (Fsp3) is 0.308. The van der Waals surface area contributed by atoms with E-state index in [2.05, 4.69) is 10.3 Å². The summed E-state index contributed by atoms with van der Waals surface area (Å²) in [5.41, 5.74) is 0. The van der Waals surface area contributed by atoms with Gasteiger partial charge in [-0.2, -0.15) is 0 Å². The summed E-state index contributed by atoms with van der Waals surface area (Å²) in [5.74, 6) is 1.69. The van der Waals surface area contributed by atoms with Gasteiger partial charge in [-0.3, -0.25) is 0 Å². The van der Waals surface area contributed by atoms with Crippen molar-refractivity contribution < 1.29 is 9.47 Å². The number of nitrogens with zero attached hydrogens (tertiary/aromatic N) is 1. The molecule has 1 heterocycles. The van der Waals surface area contributed by atoms with Gasteiger partial charge in [-0.15, -0.1) is 0 Å². The molecule has 0 bridgehead atoms. The van der Waals surface area contributed by atoms with Gasteiger partial charge < -0.3 is 14.8 Å². The maximum absolute atomic E-state index is 5.22. The second kappa shape index (κ2) is 5.50. The first-order valence-corrected chi connectivity index (χ1v) is 5.50. The number of rotatable bonds is 5. The average molecular weight is 232 g/mol. The molecule has 2 aromatic rings. The fourth-order valence-electron chi connectivity index (χ4n) is 1.69. The van der Waals surface area contributed by atoms with Crippen molar-refractivity contribution in [1.82, 2.24) is 4.98 Å². The summed E-state index contributed by atoms with van der Waals surface area (Å²) < 4.78 is 10.2. The van der Waals surface area contributed by atoms with E-state index in [9.17, 15) is 0 Å². The Morgan fingerprint density at radius 3 is 2.88 bits per heavy atom. The minimum absolute atomic E-state index is 0.655. The van der Waals surface area contributed by atoms with Crippen molar-refractivity contribution in [3.63, 3.8) is 0 Å². The highest BCUT2D eigenvalue weighted by molar-refractivity contribution is 5.92. The Balaban J connectivity index is 2.33. The van der Waals surface area contributed by atoms with Gasteiger partial charge >= 0.3 is 0 Å². The van der Waals surface area contributed by atoms with Crippen molar-refractivity contribution in [3.05, 3.63) is 30.5 Å². The van der Waals surface area contributed by atoms with E-state index in [4.69, 9.17) is 9.47 Å². The second-order valence-corrected chi connectivity index (χ2v) is 3.67. The van der Waals surface area contributed by atoms with E-state index in [0.29, 0.717) is 6.61 Å².